The van der Waals surface area contributed by atoms with E-state index >= 15 is 0 Å². The van der Waals surface area contributed by atoms with Gasteiger partial charge in [-0.2, -0.15) is 13.2 Å². The zero-order chi connectivity index (χ0) is 13.2. The molecule has 0 saturated carbocycles. The summed E-state index contributed by atoms with van der Waals surface area (Å²) < 4.78 is 42.9. The van der Waals surface area contributed by atoms with E-state index in [0.717, 1.165) is 12.1 Å². The number of morpholine rings is 1. The summed E-state index contributed by atoms with van der Waals surface area (Å²) in [5.41, 5.74) is 7.35. The first-order valence-electron chi connectivity index (χ1n) is 5.39. The van der Waals surface area contributed by atoms with Gasteiger partial charge >= 0.3 is 6.18 Å². The molecule has 0 radical (unpaired) electrons. The van der Waals surface area contributed by atoms with Gasteiger partial charge in [-0.05, 0) is 12.1 Å². The van der Waals surface area contributed by atoms with Gasteiger partial charge < -0.3 is 15.9 Å². The lowest BCUT2D eigenvalue weighted by molar-refractivity contribution is -0.137. The maximum Gasteiger partial charge on any atom is 0.416 e. The Morgan fingerprint density at radius 3 is 2.56 bits per heavy atom. The van der Waals surface area contributed by atoms with Gasteiger partial charge in [0.2, 0.25) is 0 Å². The normalized spacial score (nSPS) is 17.7. The summed E-state index contributed by atoms with van der Waals surface area (Å²) in [6.07, 6.45) is -4.43. The molecule has 2 heterocycles. The Morgan fingerprint density at radius 2 is 1.94 bits per heavy atom. The number of halogens is 3. The Labute approximate surface area is 102 Å². The lowest BCUT2D eigenvalue weighted by Crippen LogP contribution is -2.40. The van der Waals surface area contributed by atoms with Gasteiger partial charge in [-0.1, -0.05) is 0 Å². The molecule has 1 fully saturated rings. The molecule has 0 aromatic carbocycles. The van der Waals surface area contributed by atoms with Crippen LogP contribution in [0.3, 0.4) is 0 Å². The molecule has 1 aliphatic heterocycles. The average molecular weight is 262 g/mol. The molecule has 0 spiro atoms. The number of hydrogen-bond donors (Lipinski definition) is 2. The number of nitrogens with one attached hydrogen (secondary N) is 1. The number of alkyl halides is 3. The fourth-order valence-electron chi connectivity index (χ4n) is 1.61. The van der Waals surface area contributed by atoms with Gasteiger partial charge in [0.1, 0.15) is 11.6 Å². The number of aromatic nitrogens is 1. The number of hydrazine groups is 1. The highest BCUT2D eigenvalue weighted by atomic mass is 19.4. The predicted octanol–water partition coefficient (Wildman–Crippen LogP) is 1.34. The third-order valence-electron chi connectivity index (χ3n) is 2.46. The first-order chi connectivity index (χ1) is 8.45. The summed E-state index contributed by atoms with van der Waals surface area (Å²) in [5.74, 6) is -0.0789. The lowest BCUT2D eigenvalue weighted by Gasteiger charge is -2.27. The Kier molecular flexibility index (Phi) is 3.58. The smallest absolute Gasteiger partial charge is 0.384 e. The SMILES string of the molecule is Nc1cc(C(F)(F)F)cc(NN2CCOCC2)n1. The molecule has 8 heteroatoms. The van der Waals surface area contributed by atoms with Crippen LogP contribution in [0.5, 0.6) is 0 Å². The van der Waals surface area contributed by atoms with Crippen LogP contribution < -0.4 is 11.2 Å². The highest BCUT2D eigenvalue weighted by Gasteiger charge is 2.31. The number of nitrogens with two attached hydrogens (primary N) is 1. The van der Waals surface area contributed by atoms with Crippen LogP contribution in [0.25, 0.3) is 0 Å². The quantitative estimate of drug-likeness (QED) is 0.842. The van der Waals surface area contributed by atoms with Crippen molar-refractivity contribution in [3.05, 3.63) is 17.7 Å². The molecule has 0 aliphatic carbocycles. The van der Waals surface area contributed by atoms with Crippen molar-refractivity contribution in [3.63, 3.8) is 0 Å². The summed E-state index contributed by atoms with van der Waals surface area (Å²) in [6, 6.07) is 1.75. The second-order valence-electron chi connectivity index (χ2n) is 3.87. The molecular formula is C10H13F3N4O. The van der Waals surface area contributed by atoms with Crippen LogP contribution in [0.15, 0.2) is 12.1 Å². The van der Waals surface area contributed by atoms with Gasteiger partial charge in [0, 0.05) is 13.1 Å². The van der Waals surface area contributed by atoms with Gasteiger partial charge in [-0.15, -0.1) is 0 Å². The van der Waals surface area contributed by atoms with E-state index in [-0.39, 0.29) is 11.6 Å². The van der Waals surface area contributed by atoms with Crippen molar-refractivity contribution in [2.24, 2.45) is 0 Å². The maximum atomic E-state index is 12.6. The highest BCUT2D eigenvalue weighted by molar-refractivity contribution is 5.46. The molecule has 0 unspecified atom stereocenters. The third-order valence-corrected chi connectivity index (χ3v) is 2.46. The number of hydrogen-bond acceptors (Lipinski definition) is 5. The molecule has 1 aromatic rings. The van der Waals surface area contributed by atoms with Crippen LogP contribution in [0.2, 0.25) is 0 Å². The molecule has 0 amide bonds. The zero-order valence-corrected chi connectivity index (χ0v) is 9.50. The van der Waals surface area contributed by atoms with Crippen LogP contribution >= 0.6 is 0 Å². The second-order valence-corrected chi connectivity index (χ2v) is 3.87. The fraction of sp³-hybridized carbons (Fsp3) is 0.500. The third kappa shape index (κ3) is 3.23. The number of rotatable bonds is 2. The van der Waals surface area contributed by atoms with Gasteiger partial charge in [-0.3, -0.25) is 0 Å². The number of nitrogens with zero attached hydrogens (tertiary/aromatic N) is 2. The molecule has 18 heavy (non-hydrogen) atoms. The molecule has 3 N–H and O–H groups in total. The number of anilines is 2. The van der Waals surface area contributed by atoms with Gasteiger partial charge in [-0.25, -0.2) is 9.99 Å². The molecule has 2 rings (SSSR count). The Hall–Kier alpha value is -1.54. The first-order valence-corrected chi connectivity index (χ1v) is 5.39. The van der Waals surface area contributed by atoms with Crippen LogP contribution in [0, 0.1) is 0 Å². The van der Waals surface area contributed by atoms with Crippen LogP contribution in [-0.4, -0.2) is 36.3 Å². The minimum absolute atomic E-state index is 0.0872. The van der Waals surface area contributed by atoms with E-state index in [9.17, 15) is 13.2 Å². The van der Waals surface area contributed by atoms with Crippen LogP contribution in [0.1, 0.15) is 5.56 Å². The van der Waals surface area contributed by atoms with Crippen molar-refractivity contribution >= 4 is 11.6 Å². The molecule has 5 nitrogen and oxygen atoms in total. The van der Waals surface area contributed by atoms with E-state index in [1.54, 1.807) is 5.01 Å². The second kappa shape index (κ2) is 4.99. The largest absolute Gasteiger partial charge is 0.416 e. The monoisotopic (exact) mass is 262 g/mol. The molecule has 0 atom stereocenters. The molecule has 1 aliphatic rings. The van der Waals surface area contributed by atoms with E-state index in [1.807, 2.05) is 0 Å². The van der Waals surface area contributed by atoms with Crippen LogP contribution in [-0.2, 0) is 10.9 Å². The number of pyridine rings is 1. The van der Waals surface area contributed by atoms with E-state index in [4.69, 9.17) is 10.5 Å². The average Bonchev–Trinajstić information content (AvgIpc) is 2.28. The lowest BCUT2D eigenvalue weighted by atomic mass is 10.2. The standard InChI is InChI=1S/C10H13F3N4O/c11-10(12,13)7-5-8(14)15-9(6-7)16-17-1-3-18-4-2-17/h5-6H,1-4H2,(H3,14,15,16). The highest BCUT2D eigenvalue weighted by Crippen LogP contribution is 2.31. The molecular weight excluding hydrogens is 249 g/mol. The summed E-state index contributed by atoms with van der Waals surface area (Å²) in [4.78, 5) is 3.83. The Bertz CT molecular complexity index is 418. The van der Waals surface area contributed by atoms with E-state index in [2.05, 4.69) is 10.4 Å². The predicted molar refractivity (Wildman–Crippen MR) is 59.7 cm³/mol. The minimum atomic E-state index is -4.43. The summed E-state index contributed by atoms with van der Waals surface area (Å²) in [5, 5.41) is 1.74. The van der Waals surface area contributed by atoms with Gasteiger partial charge in [0.25, 0.3) is 0 Å². The molecule has 1 aromatic heterocycles. The van der Waals surface area contributed by atoms with Crippen molar-refractivity contribution in [2.75, 3.05) is 37.5 Å². The van der Waals surface area contributed by atoms with Crippen molar-refractivity contribution in [1.82, 2.24) is 9.99 Å². The van der Waals surface area contributed by atoms with Crippen LogP contribution in [0.4, 0.5) is 24.8 Å². The maximum absolute atomic E-state index is 12.6. The Morgan fingerprint density at radius 1 is 1.28 bits per heavy atom. The molecule has 1 saturated heterocycles. The fourth-order valence-corrected chi connectivity index (χ4v) is 1.61. The minimum Gasteiger partial charge on any atom is -0.384 e. The topological polar surface area (TPSA) is 63.4 Å². The summed E-state index contributed by atoms with van der Waals surface area (Å²) in [7, 11) is 0. The van der Waals surface area contributed by atoms with E-state index in [1.165, 1.54) is 0 Å². The van der Waals surface area contributed by atoms with Gasteiger partial charge in [0.15, 0.2) is 0 Å². The summed E-state index contributed by atoms with van der Waals surface area (Å²) >= 11 is 0. The van der Waals surface area contributed by atoms with E-state index in [0.29, 0.717) is 26.3 Å². The van der Waals surface area contributed by atoms with Crippen molar-refractivity contribution in [1.29, 1.82) is 0 Å². The van der Waals surface area contributed by atoms with Gasteiger partial charge in [0.05, 0.1) is 18.8 Å². The summed E-state index contributed by atoms with van der Waals surface area (Å²) in [6.45, 7) is 2.22. The zero-order valence-electron chi connectivity index (χ0n) is 9.50. The molecule has 0 bridgehead atoms. The first kappa shape index (κ1) is 12.9. The van der Waals surface area contributed by atoms with Crippen molar-refractivity contribution in [2.45, 2.75) is 6.18 Å². The number of nitrogen functional groups attached to an aromatic ring is 1. The number of ether oxygens (including phenoxy) is 1. The van der Waals surface area contributed by atoms with E-state index < -0.39 is 11.7 Å². The van der Waals surface area contributed by atoms with Crippen molar-refractivity contribution in [3.8, 4) is 0 Å². The Balaban J connectivity index is 2.14. The molecule has 100 valence electrons. The van der Waals surface area contributed by atoms with Crippen molar-refractivity contribution < 1.29 is 17.9 Å².